The third-order valence-corrected chi connectivity index (χ3v) is 6.34. The molecule has 0 aliphatic carbocycles. The summed E-state index contributed by atoms with van der Waals surface area (Å²) in [5.41, 5.74) is 8.86. The van der Waals surface area contributed by atoms with Crippen LogP contribution in [0.15, 0.2) is 46.9 Å². The van der Waals surface area contributed by atoms with Gasteiger partial charge in [-0.3, -0.25) is 4.90 Å². The highest BCUT2D eigenvalue weighted by Crippen LogP contribution is 2.31. The maximum atomic E-state index is 6.23. The number of furan rings is 1. The van der Waals surface area contributed by atoms with Crippen LogP contribution in [-0.4, -0.2) is 41.2 Å². The van der Waals surface area contributed by atoms with Crippen molar-refractivity contribution in [2.24, 2.45) is 0 Å². The molecule has 168 valence electrons. The minimum atomic E-state index is 0.493. The van der Waals surface area contributed by atoms with Crippen molar-refractivity contribution in [3.63, 3.8) is 0 Å². The Hall–Kier alpha value is -2.74. The van der Waals surface area contributed by atoms with E-state index in [9.17, 15) is 0 Å². The van der Waals surface area contributed by atoms with Gasteiger partial charge in [-0.05, 0) is 36.2 Å². The van der Waals surface area contributed by atoms with Crippen LogP contribution in [-0.2, 0) is 17.7 Å². The number of fused-ring (bicyclic) bond motifs is 1. The van der Waals surface area contributed by atoms with Crippen LogP contribution in [0.25, 0.3) is 21.8 Å². The normalized spacial score (nSPS) is 14.3. The van der Waals surface area contributed by atoms with Crippen molar-refractivity contribution in [2.45, 2.75) is 33.7 Å². The third-order valence-electron chi connectivity index (χ3n) is 5.31. The summed E-state index contributed by atoms with van der Waals surface area (Å²) >= 11 is 1.66. The van der Waals surface area contributed by atoms with E-state index in [0.717, 1.165) is 55.2 Å². The van der Waals surface area contributed by atoms with Gasteiger partial charge < -0.3 is 14.9 Å². The smallest absolute Gasteiger partial charge is 0.199 e. The second-order valence-electron chi connectivity index (χ2n) is 7.66. The Bertz CT molecular complexity index is 1180. The van der Waals surface area contributed by atoms with Gasteiger partial charge in [0.25, 0.3) is 0 Å². The maximum Gasteiger partial charge on any atom is 0.199 e. The van der Waals surface area contributed by atoms with Gasteiger partial charge in [-0.15, -0.1) is 11.3 Å². The fourth-order valence-corrected chi connectivity index (χ4v) is 4.87. The Morgan fingerprint density at radius 3 is 2.56 bits per heavy atom. The van der Waals surface area contributed by atoms with Crippen LogP contribution in [0.4, 0.5) is 5.82 Å². The van der Waals surface area contributed by atoms with Crippen molar-refractivity contribution in [3.05, 3.63) is 64.2 Å². The molecule has 5 rings (SSSR count). The van der Waals surface area contributed by atoms with Crippen molar-refractivity contribution in [1.82, 2.24) is 14.9 Å². The number of nitrogens with zero attached hydrogens (tertiary/aromatic N) is 3. The molecule has 3 aromatic heterocycles. The van der Waals surface area contributed by atoms with Gasteiger partial charge in [0, 0.05) is 30.9 Å². The Morgan fingerprint density at radius 2 is 1.81 bits per heavy atom. The minimum Gasteiger partial charge on any atom is -0.458 e. The number of ether oxygens (including phenoxy) is 1. The molecule has 0 saturated carbocycles. The average molecular weight is 451 g/mol. The Morgan fingerprint density at radius 1 is 1.03 bits per heavy atom. The number of rotatable bonds is 5. The second-order valence-corrected chi connectivity index (χ2v) is 8.77. The standard InChI is InChI=1S/C23H24N4O2S.C2H6/c1-15-5-6-20(29-15)22-25-21(24)19-13-18(30-23(19)26-22)12-16-3-2-4-17(11-16)14-27-7-9-28-10-8-27;1-2/h2-6,11,13H,7-10,12,14H2,1H3,(H2,24,25,26);1-2H3. The van der Waals surface area contributed by atoms with E-state index >= 15 is 0 Å². The average Bonchev–Trinajstić information content (AvgIpc) is 3.42. The van der Waals surface area contributed by atoms with Crippen LogP contribution in [0.2, 0.25) is 0 Å². The van der Waals surface area contributed by atoms with E-state index in [1.165, 1.54) is 16.0 Å². The molecule has 32 heavy (non-hydrogen) atoms. The summed E-state index contributed by atoms with van der Waals surface area (Å²) in [5, 5.41) is 0.909. The molecule has 4 aromatic rings. The van der Waals surface area contributed by atoms with Gasteiger partial charge in [-0.2, -0.15) is 0 Å². The number of thiophene rings is 1. The molecule has 0 atom stereocenters. The number of aromatic nitrogens is 2. The van der Waals surface area contributed by atoms with Crippen LogP contribution in [0, 0.1) is 6.92 Å². The number of hydrogen-bond donors (Lipinski definition) is 1. The highest BCUT2D eigenvalue weighted by molar-refractivity contribution is 7.18. The van der Waals surface area contributed by atoms with E-state index in [2.05, 4.69) is 40.2 Å². The van der Waals surface area contributed by atoms with E-state index in [1.807, 2.05) is 32.9 Å². The van der Waals surface area contributed by atoms with Gasteiger partial charge in [0.05, 0.1) is 18.6 Å². The largest absolute Gasteiger partial charge is 0.458 e. The first-order chi connectivity index (χ1) is 15.6. The lowest BCUT2D eigenvalue weighted by atomic mass is 10.1. The monoisotopic (exact) mass is 450 g/mol. The van der Waals surface area contributed by atoms with E-state index in [0.29, 0.717) is 17.4 Å². The van der Waals surface area contributed by atoms with E-state index in [-0.39, 0.29) is 0 Å². The zero-order valence-corrected chi connectivity index (χ0v) is 19.7. The van der Waals surface area contributed by atoms with Crippen LogP contribution in [0.3, 0.4) is 0 Å². The highest BCUT2D eigenvalue weighted by atomic mass is 32.1. The number of hydrogen-bond acceptors (Lipinski definition) is 7. The molecule has 0 unspecified atom stereocenters. The second kappa shape index (κ2) is 10.3. The van der Waals surface area contributed by atoms with Crippen LogP contribution in [0.1, 0.15) is 35.6 Å². The van der Waals surface area contributed by atoms with E-state index in [1.54, 1.807) is 11.3 Å². The Labute approximate surface area is 193 Å². The molecule has 2 N–H and O–H groups in total. The van der Waals surface area contributed by atoms with Crippen LogP contribution in [0.5, 0.6) is 0 Å². The zero-order chi connectivity index (χ0) is 22.5. The van der Waals surface area contributed by atoms with Crippen molar-refractivity contribution >= 4 is 27.4 Å². The molecule has 1 aromatic carbocycles. The Kier molecular flexibility index (Phi) is 7.19. The lowest BCUT2D eigenvalue weighted by Gasteiger charge is -2.26. The predicted molar refractivity (Wildman–Crippen MR) is 131 cm³/mol. The third kappa shape index (κ3) is 5.18. The fourth-order valence-electron chi connectivity index (χ4n) is 3.80. The zero-order valence-electron chi connectivity index (χ0n) is 18.9. The number of morpholine rings is 1. The molecule has 0 spiro atoms. The molecule has 0 amide bonds. The SMILES string of the molecule is CC.Cc1ccc(-c2nc(N)c3cc(Cc4cccc(CN5CCOCC5)c4)sc3n2)o1. The van der Waals surface area contributed by atoms with Crippen LogP contribution >= 0.6 is 11.3 Å². The number of aryl methyl sites for hydroxylation is 1. The van der Waals surface area contributed by atoms with Gasteiger partial charge in [-0.25, -0.2) is 9.97 Å². The number of benzene rings is 1. The topological polar surface area (TPSA) is 77.4 Å². The first-order valence-electron chi connectivity index (χ1n) is 11.1. The summed E-state index contributed by atoms with van der Waals surface area (Å²) in [6.07, 6.45) is 0.854. The van der Waals surface area contributed by atoms with Crippen molar-refractivity contribution in [2.75, 3.05) is 32.0 Å². The lowest BCUT2D eigenvalue weighted by molar-refractivity contribution is 0.0342. The number of nitrogens with two attached hydrogens (primary N) is 1. The number of nitrogen functional groups attached to an aromatic ring is 1. The van der Waals surface area contributed by atoms with Gasteiger partial charge in [0.1, 0.15) is 16.4 Å². The molecule has 1 saturated heterocycles. The van der Waals surface area contributed by atoms with Crippen molar-refractivity contribution in [3.8, 4) is 11.6 Å². The molecule has 1 aliphatic rings. The minimum absolute atomic E-state index is 0.493. The first kappa shape index (κ1) is 22.5. The van der Waals surface area contributed by atoms with Crippen LogP contribution < -0.4 is 5.73 Å². The molecular formula is C25H30N4O2S. The highest BCUT2D eigenvalue weighted by Gasteiger charge is 2.14. The molecule has 1 aliphatic heterocycles. The molecular weight excluding hydrogens is 420 g/mol. The van der Waals surface area contributed by atoms with Crippen molar-refractivity contribution < 1.29 is 9.15 Å². The summed E-state index contributed by atoms with van der Waals surface area (Å²) < 4.78 is 11.1. The predicted octanol–water partition coefficient (Wildman–Crippen LogP) is 5.29. The summed E-state index contributed by atoms with van der Waals surface area (Å²) in [4.78, 5) is 13.7. The molecule has 6 nitrogen and oxygen atoms in total. The summed E-state index contributed by atoms with van der Waals surface area (Å²) in [6.45, 7) is 10.5. The summed E-state index contributed by atoms with van der Waals surface area (Å²) in [6, 6.07) is 14.7. The molecule has 0 bridgehead atoms. The maximum absolute atomic E-state index is 6.23. The Balaban J connectivity index is 0.00000119. The van der Waals surface area contributed by atoms with Crippen molar-refractivity contribution in [1.29, 1.82) is 0 Å². The van der Waals surface area contributed by atoms with E-state index in [4.69, 9.17) is 19.9 Å². The summed E-state index contributed by atoms with van der Waals surface area (Å²) in [7, 11) is 0. The molecule has 7 heteroatoms. The lowest BCUT2D eigenvalue weighted by Crippen LogP contribution is -2.35. The molecule has 0 radical (unpaired) electrons. The van der Waals surface area contributed by atoms with Gasteiger partial charge in [0.2, 0.25) is 0 Å². The molecule has 1 fully saturated rings. The van der Waals surface area contributed by atoms with E-state index < -0.39 is 0 Å². The van der Waals surface area contributed by atoms with Gasteiger partial charge >= 0.3 is 0 Å². The van der Waals surface area contributed by atoms with Gasteiger partial charge in [-0.1, -0.05) is 38.1 Å². The fraction of sp³-hybridized carbons (Fsp3) is 0.360. The van der Waals surface area contributed by atoms with Gasteiger partial charge in [0.15, 0.2) is 11.6 Å². The molecule has 4 heterocycles. The quantitative estimate of drug-likeness (QED) is 0.445. The summed E-state index contributed by atoms with van der Waals surface area (Å²) in [5.74, 6) is 2.50. The first-order valence-corrected chi connectivity index (χ1v) is 12.0. The number of anilines is 1.